The van der Waals surface area contributed by atoms with Crippen LogP contribution in [0.25, 0.3) is 0 Å². The van der Waals surface area contributed by atoms with Crippen molar-refractivity contribution in [3.63, 3.8) is 0 Å². The van der Waals surface area contributed by atoms with E-state index in [1.807, 2.05) is 0 Å². The summed E-state index contributed by atoms with van der Waals surface area (Å²) < 4.78 is 74.4. The van der Waals surface area contributed by atoms with Gasteiger partial charge >= 0.3 is 6.18 Å². The summed E-state index contributed by atoms with van der Waals surface area (Å²) in [5.74, 6) is -2.34. The van der Waals surface area contributed by atoms with E-state index in [4.69, 9.17) is 11.6 Å². The van der Waals surface area contributed by atoms with Gasteiger partial charge in [0.15, 0.2) is 0 Å². The molecule has 16 heavy (non-hydrogen) atoms. The summed E-state index contributed by atoms with van der Waals surface area (Å²) in [5, 5.41) is 0. The number of aromatic nitrogens is 1. The molecule has 1 aromatic heterocycles. The molecule has 0 bridgehead atoms. The Kier molecular flexibility index (Phi) is 3.67. The summed E-state index contributed by atoms with van der Waals surface area (Å²) in [4.78, 5) is 2.91. The van der Waals surface area contributed by atoms with E-state index < -0.39 is 41.3 Å². The highest BCUT2D eigenvalue weighted by Crippen LogP contribution is 2.37. The van der Waals surface area contributed by atoms with Crippen LogP contribution in [0.4, 0.5) is 26.3 Å². The molecule has 0 aromatic carbocycles. The van der Waals surface area contributed by atoms with Gasteiger partial charge in [-0.1, -0.05) is 0 Å². The Bertz CT molecular complexity index is 389. The molecule has 1 heterocycles. The minimum absolute atomic E-state index is 0.317. The van der Waals surface area contributed by atoms with Crippen LogP contribution in [-0.4, -0.2) is 4.98 Å². The Morgan fingerprint density at radius 3 is 2.25 bits per heavy atom. The van der Waals surface area contributed by atoms with E-state index in [0.717, 1.165) is 0 Å². The molecule has 1 rings (SSSR count). The topological polar surface area (TPSA) is 12.9 Å². The highest BCUT2D eigenvalue weighted by molar-refractivity contribution is 6.16. The van der Waals surface area contributed by atoms with Gasteiger partial charge in [0.25, 0.3) is 6.43 Å². The van der Waals surface area contributed by atoms with Gasteiger partial charge in [0.05, 0.1) is 22.7 Å². The summed E-state index contributed by atoms with van der Waals surface area (Å²) in [6.07, 6.45) is -8.66. The van der Waals surface area contributed by atoms with Crippen LogP contribution in [0.2, 0.25) is 0 Å². The normalized spacial score (nSPS) is 12.2. The van der Waals surface area contributed by atoms with E-state index in [1.54, 1.807) is 0 Å². The van der Waals surface area contributed by atoms with Gasteiger partial charge in [0.1, 0.15) is 0 Å². The predicted molar refractivity (Wildman–Crippen MR) is 43.7 cm³/mol. The number of rotatable bonds is 2. The van der Waals surface area contributed by atoms with Crippen molar-refractivity contribution in [2.45, 2.75) is 18.5 Å². The molecule has 0 N–H and O–H groups in total. The van der Waals surface area contributed by atoms with Crippen LogP contribution in [-0.2, 0) is 12.1 Å². The molecule has 0 atom stereocenters. The van der Waals surface area contributed by atoms with E-state index in [2.05, 4.69) is 4.98 Å². The van der Waals surface area contributed by atoms with Crippen molar-refractivity contribution < 1.29 is 26.3 Å². The molecule has 1 nitrogen and oxygen atoms in total. The SMILES string of the molecule is Fc1nc(CCl)cc(C(F)(F)F)c1C(F)F. The van der Waals surface area contributed by atoms with Crippen molar-refractivity contribution in [2.75, 3.05) is 0 Å². The van der Waals surface area contributed by atoms with Gasteiger partial charge in [-0.15, -0.1) is 11.6 Å². The zero-order valence-corrected chi connectivity index (χ0v) is 8.21. The first-order valence-corrected chi connectivity index (χ1v) is 4.41. The van der Waals surface area contributed by atoms with Crippen molar-refractivity contribution >= 4 is 11.6 Å². The average molecular weight is 264 g/mol. The molecule has 0 aliphatic heterocycles. The minimum Gasteiger partial charge on any atom is -0.223 e. The van der Waals surface area contributed by atoms with Crippen molar-refractivity contribution in [3.8, 4) is 0 Å². The summed E-state index contributed by atoms with van der Waals surface area (Å²) in [6.45, 7) is 0. The van der Waals surface area contributed by atoms with Crippen LogP contribution in [0.1, 0.15) is 23.2 Å². The van der Waals surface area contributed by atoms with E-state index in [9.17, 15) is 26.3 Å². The first kappa shape index (κ1) is 13.1. The molecule has 0 fully saturated rings. The van der Waals surface area contributed by atoms with Crippen LogP contribution in [0.5, 0.6) is 0 Å². The number of nitrogens with zero attached hydrogens (tertiary/aromatic N) is 1. The van der Waals surface area contributed by atoms with E-state index >= 15 is 0 Å². The fourth-order valence-corrected chi connectivity index (χ4v) is 1.22. The fourth-order valence-electron chi connectivity index (χ4n) is 1.08. The lowest BCUT2D eigenvalue weighted by atomic mass is 10.1. The highest BCUT2D eigenvalue weighted by atomic mass is 35.5. The second kappa shape index (κ2) is 4.48. The lowest BCUT2D eigenvalue weighted by molar-refractivity contribution is -0.140. The molecule has 0 aliphatic carbocycles. The largest absolute Gasteiger partial charge is 0.417 e. The van der Waals surface area contributed by atoms with Gasteiger partial charge in [0.2, 0.25) is 5.95 Å². The maximum atomic E-state index is 12.9. The highest BCUT2D eigenvalue weighted by Gasteiger charge is 2.38. The van der Waals surface area contributed by atoms with Crippen molar-refractivity contribution in [1.82, 2.24) is 4.98 Å². The molecule has 8 heteroatoms. The number of hydrogen-bond donors (Lipinski definition) is 0. The first-order valence-electron chi connectivity index (χ1n) is 3.88. The standard InChI is InChI=1S/C8H4ClF6N/c9-2-3-1-4(8(13,14)15)5(6(10)11)7(12)16-3/h1,6H,2H2. The molecule has 0 saturated carbocycles. The maximum absolute atomic E-state index is 12.9. The molecule has 0 aliphatic rings. The molecule has 0 spiro atoms. The molecule has 0 saturated heterocycles. The van der Waals surface area contributed by atoms with Gasteiger partial charge in [-0.05, 0) is 6.07 Å². The molecule has 0 unspecified atom stereocenters. The second-order valence-corrected chi connectivity index (χ2v) is 3.06. The van der Waals surface area contributed by atoms with Gasteiger partial charge < -0.3 is 0 Å². The molecule has 90 valence electrons. The van der Waals surface area contributed by atoms with Gasteiger partial charge in [0, 0.05) is 0 Å². The van der Waals surface area contributed by atoms with Crippen LogP contribution in [0, 0.1) is 5.95 Å². The molecule has 1 aromatic rings. The van der Waals surface area contributed by atoms with Crippen LogP contribution in [0.3, 0.4) is 0 Å². The first-order chi connectivity index (χ1) is 7.27. The van der Waals surface area contributed by atoms with E-state index in [-0.39, 0.29) is 0 Å². The quantitative estimate of drug-likeness (QED) is 0.448. The molecular formula is C8H4ClF6N. The van der Waals surface area contributed by atoms with Crippen molar-refractivity contribution in [1.29, 1.82) is 0 Å². The predicted octanol–water partition coefficient (Wildman–Crippen LogP) is 3.92. The maximum Gasteiger partial charge on any atom is 0.417 e. The summed E-state index contributed by atoms with van der Waals surface area (Å²) in [7, 11) is 0. The zero-order valence-electron chi connectivity index (χ0n) is 7.45. The summed E-state index contributed by atoms with van der Waals surface area (Å²) in [6, 6.07) is 0.317. The third-order valence-electron chi connectivity index (χ3n) is 1.73. The van der Waals surface area contributed by atoms with E-state index in [1.165, 1.54) is 0 Å². The zero-order chi connectivity index (χ0) is 12.5. The number of halogens is 7. The second-order valence-electron chi connectivity index (χ2n) is 2.80. The Hall–Kier alpha value is -0.980. The summed E-state index contributed by atoms with van der Waals surface area (Å²) >= 11 is 5.17. The van der Waals surface area contributed by atoms with Gasteiger partial charge in [-0.25, -0.2) is 13.8 Å². The third kappa shape index (κ3) is 2.58. The lowest BCUT2D eigenvalue weighted by Crippen LogP contribution is -2.14. The van der Waals surface area contributed by atoms with Crippen molar-refractivity contribution in [2.24, 2.45) is 0 Å². The van der Waals surface area contributed by atoms with Gasteiger partial charge in [-0.2, -0.15) is 17.6 Å². The third-order valence-corrected chi connectivity index (χ3v) is 2.00. The number of hydrogen-bond acceptors (Lipinski definition) is 1. The molecule has 0 amide bonds. The molecule has 0 radical (unpaired) electrons. The monoisotopic (exact) mass is 263 g/mol. The van der Waals surface area contributed by atoms with Crippen LogP contribution in [0.15, 0.2) is 6.07 Å². The van der Waals surface area contributed by atoms with Crippen LogP contribution < -0.4 is 0 Å². The Balaban J connectivity index is 3.47. The van der Waals surface area contributed by atoms with E-state index in [0.29, 0.717) is 6.07 Å². The Morgan fingerprint density at radius 1 is 1.31 bits per heavy atom. The average Bonchev–Trinajstić information content (AvgIpc) is 2.14. The summed E-state index contributed by atoms with van der Waals surface area (Å²) in [5.41, 5.74) is -3.94. The Labute approximate surface area is 91.0 Å². The minimum atomic E-state index is -5.07. The van der Waals surface area contributed by atoms with Crippen molar-refractivity contribution in [3.05, 3.63) is 28.8 Å². The van der Waals surface area contributed by atoms with Crippen LogP contribution >= 0.6 is 11.6 Å². The number of alkyl halides is 6. The lowest BCUT2D eigenvalue weighted by Gasteiger charge is -2.13. The molecular weight excluding hydrogens is 260 g/mol. The fraction of sp³-hybridized carbons (Fsp3) is 0.375. The smallest absolute Gasteiger partial charge is 0.223 e. The van der Waals surface area contributed by atoms with Gasteiger partial charge in [-0.3, -0.25) is 0 Å². The number of pyridine rings is 1. The Morgan fingerprint density at radius 2 is 1.88 bits per heavy atom.